The molecule has 1 amide bonds. The van der Waals surface area contributed by atoms with Gasteiger partial charge in [0.2, 0.25) is 0 Å². The molecule has 28 heavy (non-hydrogen) atoms. The van der Waals surface area contributed by atoms with Crippen LogP contribution in [0.15, 0.2) is 47.6 Å². The van der Waals surface area contributed by atoms with Crippen molar-refractivity contribution < 1.29 is 22.7 Å². The first-order valence-electron chi connectivity index (χ1n) is 8.41. The Morgan fingerprint density at radius 1 is 1.21 bits per heavy atom. The number of nitrogens with one attached hydrogen (secondary N) is 3. The van der Waals surface area contributed by atoms with Crippen molar-refractivity contribution >= 4 is 27.0 Å². The van der Waals surface area contributed by atoms with Crippen LogP contribution < -0.4 is 19.7 Å². The zero-order chi connectivity index (χ0) is 20.3. The number of hydrogen-bond donors (Lipinski definition) is 3. The third-order valence-electron chi connectivity index (χ3n) is 3.79. The number of sulfonamides is 1. The maximum Gasteiger partial charge on any atom is 0.266 e. The quantitative estimate of drug-likeness (QED) is 0.518. The zero-order valence-electron chi connectivity index (χ0n) is 15.5. The Bertz CT molecular complexity index is 1110. The number of nitrogens with zero attached hydrogens (tertiary/aromatic N) is 1. The summed E-state index contributed by atoms with van der Waals surface area (Å²) in [4.78, 5) is 21.3. The molecule has 0 aliphatic rings. The second kappa shape index (κ2) is 7.87. The molecule has 0 saturated carbocycles. The second-order valence-corrected chi connectivity index (χ2v) is 7.80. The van der Waals surface area contributed by atoms with Crippen LogP contribution in [0.25, 0.3) is 11.0 Å². The summed E-state index contributed by atoms with van der Waals surface area (Å²) in [5.41, 5.74) is 2.83. The Morgan fingerprint density at radius 3 is 2.71 bits per heavy atom. The number of aromatic amines is 1. The molecule has 0 atom stereocenters. The topological polar surface area (TPSA) is 122 Å². The van der Waals surface area contributed by atoms with E-state index in [0.29, 0.717) is 22.5 Å². The SMILES string of the molecule is COc1cc(C(=O)NNS(=O)(=O)c2c[nH]c3ncccc23)ccc1OC(C)C. The lowest BCUT2D eigenvalue weighted by Gasteiger charge is -2.14. The van der Waals surface area contributed by atoms with Crippen LogP contribution in [0.1, 0.15) is 24.2 Å². The molecule has 0 bridgehead atoms. The number of hydrogen-bond acceptors (Lipinski definition) is 6. The van der Waals surface area contributed by atoms with E-state index in [0.717, 1.165) is 0 Å². The molecule has 2 aromatic heterocycles. The number of amides is 1. The highest BCUT2D eigenvalue weighted by Crippen LogP contribution is 2.29. The van der Waals surface area contributed by atoms with Crippen molar-refractivity contribution in [2.24, 2.45) is 0 Å². The summed E-state index contributed by atoms with van der Waals surface area (Å²) in [6.07, 6.45) is 2.80. The minimum absolute atomic E-state index is 0.0193. The number of aromatic nitrogens is 2. The highest BCUT2D eigenvalue weighted by atomic mass is 32.2. The van der Waals surface area contributed by atoms with E-state index in [1.165, 1.54) is 25.4 Å². The lowest BCUT2D eigenvalue weighted by molar-refractivity contribution is 0.0944. The molecule has 0 aliphatic carbocycles. The zero-order valence-corrected chi connectivity index (χ0v) is 16.3. The number of rotatable bonds is 7. The molecule has 0 unspecified atom stereocenters. The van der Waals surface area contributed by atoms with Gasteiger partial charge in [0.15, 0.2) is 11.5 Å². The standard InChI is InChI=1S/C18H20N4O5S/c1-11(2)27-14-7-6-12(9-15(14)26-3)18(23)21-22-28(24,25)16-10-20-17-13(16)5-4-8-19-17/h4-11,22H,1-3H3,(H,19,20)(H,21,23). The summed E-state index contributed by atoms with van der Waals surface area (Å²) in [7, 11) is -2.54. The molecule has 3 aromatic rings. The molecule has 0 saturated heterocycles. The molecule has 0 radical (unpaired) electrons. The van der Waals surface area contributed by atoms with E-state index in [9.17, 15) is 13.2 Å². The van der Waals surface area contributed by atoms with E-state index in [4.69, 9.17) is 9.47 Å². The lowest BCUT2D eigenvalue weighted by atomic mass is 10.2. The van der Waals surface area contributed by atoms with Crippen molar-refractivity contribution in [2.75, 3.05) is 7.11 Å². The first-order chi connectivity index (χ1) is 13.3. The van der Waals surface area contributed by atoms with Crippen molar-refractivity contribution in [1.29, 1.82) is 0 Å². The van der Waals surface area contributed by atoms with E-state index in [1.54, 1.807) is 24.4 Å². The van der Waals surface area contributed by atoms with E-state index < -0.39 is 15.9 Å². The molecule has 148 valence electrons. The molecule has 1 aromatic carbocycles. The summed E-state index contributed by atoms with van der Waals surface area (Å²) < 4.78 is 35.9. The molecule has 0 fully saturated rings. The van der Waals surface area contributed by atoms with Gasteiger partial charge in [-0.1, -0.05) is 0 Å². The predicted molar refractivity (Wildman–Crippen MR) is 103 cm³/mol. The summed E-state index contributed by atoms with van der Waals surface area (Å²) in [6, 6.07) is 7.82. The number of hydrazine groups is 1. The average molecular weight is 404 g/mol. The molecule has 9 nitrogen and oxygen atoms in total. The Balaban J connectivity index is 1.76. The molecular weight excluding hydrogens is 384 g/mol. The number of carbonyl (C=O) groups is 1. The number of ether oxygens (including phenoxy) is 2. The van der Waals surface area contributed by atoms with Crippen molar-refractivity contribution in [1.82, 2.24) is 20.2 Å². The number of benzene rings is 1. The normalized spacial score (nSPS) is 11.6. The van der Waals surface area contributed by atoms with E-state index >= 15 is 0 Å². The van der Waals surface area contributed by atoms with Crippen molar-refractivity contribution in [3.8, 4) is 11.5 Å². The molecule has 0 spiro atoms. The molecule has 0 aliphatic heterocycles. The van der Waals surface area contributed by atoms with Crippen molar-refractivity contribution in [3.63, 3.8) is 0 Å². The van der Waals surface area contributed by atoms with Crippen LogP contribution in [0, 0.1) is 0 Å². The minimum atomic E-state index is -4.00. The van der Waals surface area contributed by atoms with Crippen LogP contribution in [-0.4, -0.2) is 37.5 Å². The molecular formula is C18H20N4O5S. The largest absolute Gasteiger partial charge is 0.493 e. The van der Waals surface area contributed by atoms with Gasteiger partial charge in [-0.15, -0.1) is 4.83 Å². The number of H-pyrrole nitrogens is 1. The van der Waals surface area contributed by atoms with Gasteiger partial charge in [-0.3, -0.25) is 10.2 Å². The van der Waals surface area contributed by atoms with Gasteiger partial charge >= 0.3 is 0 Å². The average Bonchev–Trinajstić information content (AvgIpc) is 3.11. The highest BCUT2D eigenvalue weighted by Gasteiger charge is 2.21. The van der Waals surface area contributed by atoms with Crippen LogP contribution in [0.4, 0.5) is 0 Å². The van der Waals surface area contributed by atoms with Gasteiger partial charge in [0.25, 0.3) is 15.9 Å². The summed E-state index contributed by atoms with van der Waals surface area (Å²) >= 11 is 0. The first-order valence-corrected chi connectivity index (χ1v) is 9.89. The van der Waals surface area contributed by atoms with Gasteiger partial charge in [0.05, 0.1) is 13.2 Å². The first kappa shape index (κ1) is 19.6. The van der Waals surface area contributed by atoms with Crippen molar-refractivity contribution in [2.45, 2.75) is 24.8 Å². The highest BCUT2D eigenvalue weighted by molar-refractivity contribution is 7.89. The summed E-state index contributed by atoms with van der Waals surface area (Å²) in [6.45, 7) is 3.74. The molecule has 3 rings (SSSR count). The van der Waals surface area contributed by atoms with Gasteiger partial charge in [0, 0.05) is 23.3 Å². The second-order valence-electron chi connectivity index (χ2n) is 6.14. The van der Waals surface area contributed by atoms with E-state index in [1.807, 2.05) is 13.8 Å². The Kier molecular flexibility index (Phi) is 5.52. The van der Waals surface area contributed by atoms with Crippen LogP contribution in [0.3, 0.4) is 0 Å². The fourth-order valence-corrected chi connectivity index (χ4v) is 3.56. The fourth-order valence-electron chi connectivity index (χ4n) is 2.55. The molecule has 2 heterocycles. The third kappa shape index (κ3) is 4.07. The number of fused-ring (bicyclic) bond motifs is 1. The van der Waals surface area contributed by atoms with Crippen LogP contribution in [0.5, 0.6) is 11.5 Å². The number of carbonyl (C=O) groups excluding carboxylic acids is 1. The van der Waals surface area contributed by atoms with Gasteiger partial charge < -0.3 is 14.5 Å². The predicted octanol–water partition coefficient (Wildman–Crippen LogP) is 1.98. The Morgan fingerprint density at radius 2 is 2.00 bits per heavy atom. The smallest absolute Gasteiger partial charge is 0.266 e. The van der Waals surface area contributed by atoms with Crippen molar-refractivity contribution in [3.05, 3.63) is 48.3 Å². The fraction of sp³-hybridized carbons (Fsp3) is 0.222. The minimum Gasteiger partial charge on any atom is -0.493 e. The maximum absolute atomic E-state index is 12.5. The Labute approximate surface area is 162 Å². The molecule has 10 heteroatoms. The van der Waals surface area contributed by atoms with Crippen LogP contribution in [-0.2, 0) is 10.0 Å². The van der Waals surface area contributed by atoms with Gasteiger partial charge in [-0.25, -0.2) is 13.4 Å². The van der Waals surface area contributed by atoms with Crippen LogP contribution in [0.2, 0.25) is 0 Å². The van der Waals surface area contributed by atoms with Gasteiger partial charge in [0.1, 0.15) is 10.5 Å². The monoisotopic (exact) mass is 404 g/mol. The molecule has 3 N–H and O–H groups in total. The third-order valence-corrected chi connectivity index (χ3v) is 5.08. The van der Waals surface area contributed by atoms with Crippen LogP contribution >= 0.6 is 0 Å². The number of pyridine rings is 1. The van der Waals surface area contributed by atoms with E-state index in [2.05, 4.69) is 20.2 Å². The Hall–Kier alpha value is -3.11. The maximum atomic E-state index is 12.5. The van der Waals surface area contributed by atoms with Gasteiger partial charge in [-0.05, 0) is 44.2 Å². The summed E-state index contributed by atoms with van der Waals surface area (Å²) in [5.74, 6) is 0.212. The van der Waals surface area contributed by atoms with E-state index in [-0.39, 0.29) is 16.6 Å². The van der Waals surface area contributed by atoms with Gasteiger partial charge in [-0.2, -0.15) is 0 Å². The number of methoxy groups -OCH3 is 1. The lowest BCUT2D eigenvalue weighted by Crippen LogP contribution is -2.41. The summed E-state index contributed by atoms with van der Waals surface area (Å²) in [5, 5.41) is 0.418.